The van der Waals surface area contributed by atoms with Crippen molar-refractivity contribution in [2.75, 3.05) is 9.80 Å². The number of hydrogen-bond acceptors (Lipinski definition) is 7. The third-order valence-corrected chi connectivity index (χ3v) is 9.00. The molecule has 0 bridgehead atoms. The third-order valence-electron chi connectivity index (χ3n) is 7.76. The van der Waals surface area contributed by atoms with E-state index in [1.54, 1.807) is 42.2 Å². The summed E-state index contributed by atoms with van der Waals surface area (Å²) in [5.74, 6) is -1.53. The number of rotatable bonds is 4. The first-order valence-electron chi connectivity index (χ1n) is 13.1. The van der Waals surface area contributed by atoms with Gasteiger partial charge in [-0.15, -0.1) is 0 Å². The highest BCUT2D eigenvalue weighted by Crippen LogP contribution is 2.55. The highest BCUT2D eigenvalue weighted by atomic mass is 32.1. The largest absolute Gasteiger partial charge is 0.450 e. The van der Waals surface area contributed by atoms with Crippen LogP contribution in [0.4, 0.5) is 10.8 Å². The number of hydrogen-bond donors (Lipinski definition) is 0. The number of benzene rings is 3. The van der Waals surface area contributed by atoms with Gasteiger partial charge in [-0.05, 0) is 37.6 Å². The maximum atomic E-state index is 14.9. The van der Waals surface area contributed by atoms with Gasteiger partial charge in [0.2, 0.25) is 5.76 Å². The highest BCUT2D eigenvalue weighted by Gasteiger charge is 2.66. The topological polar surface area (TPSA) is 101 Å². The van der Waals surface area contributed by atoms with Crippen LogP contribution >= 0.6 is 11.3 Å². The van der Waals surface area contributed by atoms with E-state index in [1.807, 2.05) is 49.4 Å². The minimum Gasteiger partial charge on any atom is -0.450 e. The van der Waals surface area contributed by atoms with Crippen molar-refractivity contribution in [1.82, 2.24) is 4.98 Å². The van der Waals surface area contributed by atoms with Gasteiger partial charge >= 0.3 is 0 Å². The molecular weight excluding hydrogens is 538 g/mol. The lowest BCUT2D eigenvalue weighted by Gasteiger charge is -2.32. The molecule has 2 aliphatic heterocycles. The molecule has 1 unspecified atom stereocenters. The van der Waals surface area contributed by atoms with Crippen LogP contribution in [-0.4, -0.2) is 22.6 Å². The number of amides is 2. The molecule has 1 spiro atoms. The third kappa shape index (κ3) is 3.35. The second-order valence-electron chi connectivity index (χ2n) is 10.3. The van der Waals surface area contributed by atoms with Gasteiger partial charge in [-0.3, -0.25) is 24.1 Å². The van der Waals surface area contributed by atoms with Crippen LogP contribution in [0.5, 0.6) is 0 Å². The normalized spacial score (nSPS) is 17.5. The Balaban J connectivity index is 1.58. The molecule has 1 atom stereocenters. The van der Waals surface area contributed by atoms with E-state index in [9.17, 15) is 19.2 Å². The van der Waals surface area contributed by atoms with Crippen LogP contribution in [-0.2, 0) is 16.9 Å². The van der Waals surface area contributed by atoms with Crippen molar-refractivity contribution in [2.24, 2.45) is 0 Å². The zero-order valence-corrected chi connectivity index (χ0v) is 23.2. The molecule has 2 amide bonds. The SMILES string of the molecule is CC(=O)c1sc(N2C(=O)c3oc4ccc(C)cc4c(=O)c3C23C(=O)N(Cc2ccccc2)c2ccccc23)nc1C. The zero-order valence-electron chi connectivity index (χ0n) is 22.4. The van der Waals surface area contributed by atoms with Gasteiger partial charge < -0.3 is 9.32 Å². The van der Waals surface area contributed by atoms with Crippen LogP contribution in [0.25, 0.3) is 11.0 Å². The number of carbonyl (C=O) groups is 3. The highest BCUT2D eigenvalue weighted by molar-refractivity contribution is 7.17. The number of aromatic nitrogens is 1. The maximum absolute atomic E-state index is 14.9. The van der Waals surface area contributed by atoms with Crippen molar-refractivity contribution in [3.8, 4) is 0 Å². The quantitative estimate of drug-likeness (QED) is 0.268. The Bertz CT molecular complexity index is 2010. The van der Waals surface area contributed by atoms with Gasteiger partial charge in [0.25, 0.3) is 11.8 Å². The molecular formula is C32H23N3O5S. The van der Waals surface area contributed by atoms with Gasteiger partial charge in [0.15, 0.2) is 21.9 Å². The average Bonchev–Trinajstić information content (AvgIpc) is 3.55. The summed E-state index contributed by atoms with van der Waals surface area (Å²) in [4.78, 5) is 63.9. The lowest BCUT2D eigenvalue weighted by Crippen LogP contribution is -2.53. The lowest BCUT2D eigenvalue weighted by molar-refractivity contribution is -0.121. The Kier molecular flexibility index (Phi) is 5.39. The van der Waals surface area contributed by atoms with E-state index in [4.69, 9.17) is 4.42 Å². The van der Waals surface area contributed by atoms with Crippen LogP contribution in [0, 0.1) is 13.8 Å². The van der Waals surface area contributed by atoms with E-state index in [0.29, 0.717) is 21.8 Å². The predicted molar refractivity (Wildman–Crippen MR) is 156 cm³/mol. The van der Waals surface area contributed by atoms with Crippen LogP contribution < -0.4 is 15.2 Å². The summed E-state index contributed by atoms with van der Waals surface area (Å²) in [6.07, 6.45) is 0. The molecule has 4 heterocycles. The Hall–Kier alpha value is -4.89. The van der Waals surface area contributed by atoms with E-state index in [-0.39, 0.29) is 39.8 Å². The average molecular weight is 562 g/mol. The number of fused-ring (bicyclic) bond motifs is 5. The van der Waals surface area contributed by atoms with Crippen molar-refractivity contribution in [1.29, 1.82) is 0 Å². The molecule has 0 radical (unpaired) electrons. The molecule has 8 nitrogen and oxygen atoms in total. The van der Waals surface area contributed by atoms with Gasteiger partial charge in [0, 0.05) is 12.5 Å². The van der Waals surface area contributed by atoms with Crippen LogP contribution in [0.1, 0.15) is 55.1 Å². The Labute approximate surface area is 238 Å². The molecule has 0 fully saturated rings. The molecule has 7 rings (SSSR count). The molecule has 5 aromatic rings. The Morgan fingerprint density at radius 2 is 1.71 bits per heavy atom. The monoisotopic (exact) mass is 561 g/mol. The van der Waals surface area contributed by atoms with Gasteiger partial charge in [-0.2, -0.15) is 0 Å². The number of ketones is 1. The summed E-state index contributed by atoms with van der Waals surface area (Å²) < 4.78 is 6.14. The molecule has 0 aliphatic carbocycles. The van der Waals surface area contributed by atoms with E-state index >= 15 is 0 Å². The van der Waals surface area contributed by atoms with Crippen molar-refractivity contribution < 1.29 is 18.8 Å². The van der Waals surface area contributed by atoms with Crippen LogP contribution in [0.3, 0.4) is 0 Å². The molecule has 0 saturated carbocycles. The minimum atomic E-state index is -1.87. The number of para-hydroxylation sites is 1. The molecule has 3 aromatic carbocycles. The van der Waals surface area contributed by atoms with Crippen molar-refractivity contribution in [2.45, 2.75) is 32.9 Å². The van der Waals surface area contributed by atoms with E-state index in [2.05, 4.69) is 4.98 Å². The molecule has 0 N–H and O–H groups in total. The molecule has 202 valence electrons. The van der Waals surface area contributed by atoms with E-state index in [0.717, 1.165) is 22.5 Å². The number of aryl methyl sites for hydroxylation is 2. The summed E-state index contributed by atoms with van der Waals surface area (Å²) in [6.45, 7) is 5.20. The smallest absolute Gasteiger partial charge is 0.297 e. The number of anilines is 2. The van der Waals surface area contributed by atoms with E-state index in [1.165, 1.54) is 11.8 Å². The number of Topliss-reactive ketones (excluding diaryl/α,β-unsaturated/α-hetero) is 1. The fourth-order valence-electron chi connectivity index (χ4n) is 6.00. The minimum absolute atomic E-state index is 0.0363. The predicted octanol–water partition coefficient (Wildman–Crippen LogP) is 5.52. The van der Waals surface area contributed by atoms with Crippen molar-refractivity contribution in [3.63, 3.8) is 0 Å². The van der Waals surface area contributed by atoms with Crippen LogP contribution in [0.15, 0.2) is 82.0 Å². The molecule has 2 aromatic heterocycles. The van der Waals surface area contributed by atoms with Gasteiger partial charge in [0.05, 0.1) is 33.8 Å². The van der Waals surface area contributed by atoms with Crippen molar-refractivity contribution >= 4 is 50.7 Å². The van der Waals surface area contributed by atoms with Gasteiger partial charge in [-0.25, -0.2) is 4.98 Å². The molecule has 2 aliphatic rings. The second-order valence-corrected chi connectivity index (χ2v) is 11.3. The zero-order chi connectivity index (χ0) is 28.6. The van der Waals surface area contributed by atoms with Gasteiger partial charge in [-0.1, -0.05) is 71.5 Å². The second kappa shape index (κ2) is 8.81. The standard InChI is InChI=1S/C32H23N3O5S/c1-17-13-14-24-21(15-17)26(37)25-27(40-24)29(38)35(31-33-18(2)28(41-31)19(3)36)32(25)22-11-7-8-12-23(22)34(30(32)39)16-20-9-5-4-6-10-20/h4-15H,16H2,1-3H3. The number of carbonyl (C=O) groups excluding carboxylic acids is 3. The summed E-state index contributed by atoms with van der Waals surface area (Å²) in [7, 11) is 0. The van der Waals surface area contributed by atoms with E-state index < -0.39 is 22.8 Å². The first-order valence-corrected chi connectivity index (χ1v) is 13.9. The van der Waals surface area contributed by atoms with Gasteiger partial charge in [0.1, 0.15) is 5.58 Å². The molecule has 41 heavy (non-hydrogen) atoms. The summed E-state index contributed by atoms with van der Waals surface area (Å²) in [5, 5.41) is 0.428. The maximum Gasteiger partial charge on any atom is 0.297 e. The molecule has 0 saturated heterocycles. The fourth-order valence-corrected chi connectivity index (χ4v) is 7.02. The summed E-state index contributed by atoms with van der Waals surface area (Å²) >= 11 is 1.02. The number of thiazole rings is 1. The Morgan fingerprint density at radius 3 is 2.44 bits per heavy atom. The fraction of sp³-hybridized carbons (Fsp3) is 0.156. The Morgan fingerprint density at radius 1 is 0.976 bits per heavy atom. The lowest BCUT2D eigenvalue weighted by atomic mass is 9.84. The summed E-state index contributed by atoms with van der Waals surface area (Å²) in [6, 6.07) is 21.8. The molecule has 9 heteroatoms. The first kappa shape index (κ1) is 25.1. The first-order chi connectivity index (χ1) is 19.7. The van der Waals surface area contributed by atoms with Crippen molar-refractivity contribution in [3.05, 3.63) is 122 Å². The number of nitrogens with zero attached hydrogens (tertiary/aromatic N) is 3. The summed E-state index contributed by atoms with van der Waals surface area (Å²) in [5.41, 5.74) is 1.12. The van der Waals surface area contributed by atoms with Crippen LogP contribution in [0.2, 0.25) is 0 Å².